The third kappa shape index (κ3) is 5.30. The van der Waals surface area contributed by atoms with Crippen molar-refractivity contribution in [2.75, 3.05) is 7.05 Å². The molecule has 0 aromatic heterocycles. The Morgan fingerprint density at radius 3 is 2.29 bits per heavy atom. The van der Waals surface area contributed by atoms with Crippen molar-refractivity contribution in [3.05, 3.63) is 65.2 Å². The SMILES string of the molecule is Cc1ccccc1CC(=O)N(C)Cc1ccc(OC(F)(F)F)cc1. The molecule has 0 heterocycles. The van der Waals surface area contributed by atoms with E-state index in [1.165, 1.54) is 24.3 Å². The number of carbonyl (C=O) groups excluding carboxylic acids is 1. The molecule has 0 aliphatic carbocycles. The van der Waals surface area contributed by atoms with E-state index in [1.807, 2.05) is 31.2 Å². The number of aryl methyl sites for hydroxylation is 1. The number of hydrogen-bond donors (Lipinski definition) is 0. The molecule has 2 aromatic rings. The Balaban J connectivity index is 1.95. The van der Waals surface area contributed by atoms with Gasteiger partial charge in [-0.2, -0.15) is 0 Å². The molecule has 0 radical (unpaired) electrons. The van der Waals surface area contributed by atoms with Crippen LogP contribution < -0.4 is 4.74 Å². The normalized spacial score (nSPS) is 11.2. The summed E-state index contributed by atoms with van der Waals surface area (Å²) in [6.45, 7) is 2.26. The highest BCUT2D eigenvalue weighted by atomic mass is 19.4. The van der Waals surface area contributed by atoms with Crippen LogP contribution in [0.2, 0.25) is 0 Å². The van der Waals surface area contributed by atoms with Gasteiger partial charge in [-0.1, -0.05) is 36.4 Å². The second-order valence-corrected chi connectivity index (χ2v) is 5.54. The smallest absolute Gasteiger partial charge is 0.406 e. The van der Waals surface area contributed by atoms with Gasteiger partial charge in [0.25, 0.3) is 0 Å². The summed E-state index contributed by atoms with van der Waals surface area (Å²) in [6.07, 6.45) is -4.42. The van der Waals surface area contributed by atoms with Crippen LogP contribution in [0.15, 0.2) is 48.5 Å². The average Bonchev–Trinajstić information content (AvgIpc) is 2.50. The van der Waals surface area contributed by atoms with Crippen molar-refractivity contribution < 1.29 is 22.7 Å². The number of carbonyl (C=O) groups is 1. The van der Waals surface area contributed by atoms with Crippen molar-refractivity contribution in [1.29, 1.82) is 0 Å². The molecule has 0 spiro atoms. The van der Waals surface area contributed by atoms with Crippen molar-refractivity contribution in [3.63, 3.8) is 0 Å². The van der Waals surface area contributed by atoms with Gasteiger partial charge in [0.1, 0.15) is 5.75 Å². The van der Waals surface area contributed by atoms with Crippen LogP contribution in [0.25, 0.3) is 0 Å². The maximum absolute atomic E-state index is 12.3. The number of halogens is 3. The van der Waals surface area contributed by atoms with Crippen molar-refractivity contribution in [2.45, 2.75) is 26.3 Å². The number of amides is 1. The zero-order valence-electron chi connectivity index (χ0n) is 13.4. The number of likely N-dealkylation sites (N-methyl/N-ethyl adjacent to an activating group) is 1. The Morgan fingerprint density at radius 2 is 1.71 bits per heavy atom. The maximum Gasteiger partial charge on any atom is 0.573 e. The second kappa shape index (κ2) is 7.38. The van der Waals surface area contributed by atoms with Crippen LogP contribution >= 0.6 is 0 Å². The van der Waals surface area contributed by atoms with Crippen LogP contribution in [0.4, 0.5) is 13.2 Å². The van der Waals surface area contributed by atoms with Gasteiger partial charge in [0.15, 0.2) is 0 Å². The molecule has 1 amide bonds. The third-order valence-corrected chi connectivity index (χ3v) is 3.61. The first kappa shape index (κ1) is 17.8. The largest absolute Gasteiger partial charge is 0.573 e. The molecular formula is C18H18F3NO2. The first-order valence-electron chi connectivity index (χ1n) is 7.38. The first-order valence-corrected chi connectivity index (χ1v) is 7.38. The fraction of sp³-hybridized carbons (Fsp3) is 0.278. The Labute approximate surface area is 138 Å². The van der Waals surface area contributed by atoms with E-state index in [1.54, 1.807) is 11.9 Å². The Kier molecular flexibility index (Phi) is 5.49. The number of benzene rings is 2. The van der Waals surface area contributed by atoms with E-state index in [-0.39, 0.29) is 11.7 Å². The van der Waals surface area contributed by atoms with Crippen LogP contribution in [0.5, 0.6) is 5.75 Å². The van der Waals surface area contributed by atoms with Gasteiger partial charge in [-0.15, -0.1) is 13.2 Å². The molecule has 0 aliphatic heterocycles. The van der Waals surface area contributed by atoms with Gasteiger partial charge < -0.3 is 9.64 Å². The van der Waals surface area contributed by atoms with Crippen LogP contribution in [-0.4, -0.2) is 24.2 Å². The Hall–Kier alpha value is -2.50. The summed E-state index contributed by atoms with van der Waals surface area (Å²) in [6, 6.07) is 13.2. The molecule has 2 aromatic carbocycles. The van der Waals surface area contributed by atoms with E-state index in [2.05, 4.69) is 4.74 Å². The lowest BCUT2D eigenvalue weighted by Gasteiger charge is -2.18. The zero-order chi connectivity index (χ0) is 17.7. The van der Waals surface area contributed by atoms with E-state index >= 15 is 0 Å². The molecule has 128 valence electrons. The summed E-state index contributed by atoms with van der Waals surface area (Å²) in [4.78, 5) is 13.8. The predicted molar refractivity (Wildman–Crippen MR) is 84.5 cm³/mol. The van der Waals surface area contributed by atoms with Crippen LogP contribution in [0.3, 0.4) is 0 Å². The summed E-state index contributed by atoms with van der Waals surface area (Å²) < 4.78 is 40.2. The molecule has 0 N–H and O–H groups in total. The average molecular weight is 337 g/mol. The minimum absolute atomic E-state index is 0.0556. The van der Waals surface area contributed by atoms with E-state index in [9.17, 15) is 18.0 Å². The Morgan fingerprint density at radius 1 is 1.08 bits per heavy atom. The highest BCUT2D eigenvalue weighted by molar-refractivity contribution is 5.78. The van der Waals surface area contributed by atoms with Gasteiger partial charge in [-0.3, -0.25) is 4.79 Å². The number of rotatable bonds is 5. The van der Waals surface area contributed by atoms with Gasteiger partial charge in [-0.05, 0) is 35.7 Å². The molecule has 3 nitrogen and oxygen atoms in total. The van der Waals surface area contributed by atoms with Gasteiger partial charge in [0.05, 0.1) is 6.42 Å². The summed E-state index contributed by atoms with van der Waals surface area (Å²) >= 11 is 0. The summed E-state index contributed by atoms with van der Waals surface area (Å²) in [5, 5.41) is 0. The molecule has 24 heavy (non-hydrogen) atoms. The molecular weight excluding hydrogens is 319 g/mol. The monoisotopic (exact) mass is 337 g/mol. The lowest BCUT2D eigenvalue weighted by Crippen LogP contribution is -2.27. The number of nitrogens with zero attached hydrogens (tertiary/aromatic N) is 1. The van der Waals surface area contributed by atoms with Crippen LogP contribution in [0, 0.1) is 6.92 Å². The fourth-order valence-corrected chi connectivity index (χ4v) is 2.26. The minimum Gasteiger partial charge on any atom is -0.406 e. The summed E-state index contributed by atoms with van der Waals surface area (Å²) in [5.74, 6) is -0.333. The van der Waals surface area contributed by atoms with Crippen molar-refractivity contribution >= 4 is 5.91 Å². The maximum atomic E-state index is 12.3. The number of hydrogen-bond acceptors (Lipinski definition) is 2. The van der Waals surface area contributed by atoms with Crippen molar-refractivity contribution in [1.82, 2.24) is 4.90 Å². The Bertz CT molecular complexity index is 696. The molecule has 0 atom stereocenters. The molecule has 0 aliphatic rings. The van der Waals surface area contributed by atoms with Crippen molar-refractivity contribution in [3.8, 4) is 5.75 Å². The van der Waals surface area contributed by atoms with E-state index < -0.39 is 6.36 Å². The van der Waals surface area contributed by atoms with Crippen molar-refractivity contribution in [2.24, 2.45) is 0 Å². The highest BCUT2D eigenvalue weighted by Gasteiger charge is 2.30. The topological polar surface area (TPSA) is 29.5 Å². The first-order chi connectivity index (χ1) is 11.2. The highest BCUT2D eigenvalue weighted by Crippen LogP contribution is 2.23. The van der Waals surface area contributed by atoms with E-state index in [0.29, 0.717) is 13.0 Å². The van der Waals surface area contributed by atoms with Gasteiger partial charge in [-0.25, -0.2) is 0 Å². The van der Waals surface area contributed by atoms with Crippen LogP contribution in [0.1, 0.15) is 16.7 Å². The lowest BCUT2D eigenvalue weighted by molar-refractivity contribution is -0.274. The standard InChI is InChI=1S/C18H18F3NO2/c1-13-5-3-4-6-15(13)11-17(23)22(2)12-14-7-9-16(10-8-14)24-18(19,20)21/h3-10H,11-12H2,1-2H3. The summed E-state index contributed by atoms with van der Waals surface area (Å²) in [5.41, 5.74) is 2.74. The third-order valence-electron chi connectivity index (χ3n) is 3.61. The second-order valence-electron chi connectivity index (χ2n) is 5.54. The molecule has 0 saturated carbocycles. The van der Waals surface area contributed by atoms with Gasteiger partial charge in [0.2, 0.25) is 5.91 Å². The zero-order valence-corrected chi connectivity index (χ0v) is 13.4. The number of alkyl halides is 3. The minimum atomic E-state index is -4.71. The molecule has 6 heteroatoms. The van der Waals surface area contributed by atoms with Gasteiger partial charge >= 0.3 is 6.36 Å². The molecule has 2 rings (SSSR count). The molecule has 0 unspecified atom stereocenters. The molecule has 0 bridgehead atoms. The fourth-order valence-electron chi connectivity index (χ4n) is 2.26. The van der Waals surface area contributed by atoms with E-state index in [4.69, 9.17) is 0 Å². The quantitative estimate of drug-likeness (QED) is 0.822. The lowest BCUT2D eigenvalue weighted by atomic mass is 10.1. The summed E-state index contributed by atoms with van der Waals surface area (Å²) in [7, 11) is 1.67. The van der Waals surface area contributed by atoms with Gasteiger partial charge in [0, 0.05) is 13.6 Å². The molecule has 0 fully saturated rings. The van der Waals surface area contributed by atoms with E-state index in [0.717, 1.165) is 16.7 Å². The predicted octanol–water partition coefficient (Wildman–Crippen LogP) is 4.09. The number of ether oxygens (including phenoxy) is 1. The molecule has 0 saturated heterocycles. The van der Waals surface area contributed by atoms with Crippen LogP contribution in [-0.2, 0) is 17.8 Å².